The molecule has 5 nitrogen and oxygen atoms in total. The molecule has 0 aromatic carbocycles. The van der Waals surface area contributed by atoms with E-state index in [1.807, 2.05) is 25.1 Å². The smallest absolute Gasteiger partial charge is 0.258 e. The molecule has 2 heterocycles. The minimum absolute atomic E-state index is 0.0909. The number of nitrogens with zero attached hydrogens (tertiary/aromatic N) is 2. The molecule has 0 N–H and O–H groups in total. The highest BCUT2D eigenvalue weighted by atomic mass is 32.9. The van der Waals surface area contributed by atoms with Crippen molar-refractivity contribution in [3.8, 4) is 0 Å². The predicted molar refractivity (Wildman–Crippen MR) is 85.8 cm³/mol. The van der Waals surface area contributed by atoms with Gasteiger partial charge in [-0.2, -0.15) is 0 Å². The summed E-state index contributed by atoms with van der Waals surface area (Å²) in [6.07, 6.45) is 0. The summed E-state index contributed by atoms with van der Waals surface area (Å²) in [5, 5.41) is 0. The zero-order valence-corrected chi connectivity index (χ0v) is 13.9. The van der Waals surface area contributed by atoms with Crippen molar-refractivity contribution < 1.29 is 9.05 Å². The number of hydrogen-bond donors (Lipinski definition) is 0. The van der Waals surface area contributed by atoms with Gasteiger partial charge < -0.3 is 9.05 Å². The highest BCUT2D eigenvalue weighted by molar-refractivity contribution is 8.67. The molecule has 0 unspecified atom stereocenters. The quantitative estimate of drug-likeness (QED) is 0.786. The minimum atomic E-state index is -2.33. The average Bonchev–Trinajstić information content (AvgIpc) is 2.44. The average molecular weight is 330 g/mol. The number of rotatable bonds is 5. The Morgan fingerprint density at radius 3 is 2.75 bits per heavy atom. The van der Waals surface area contributed by atoms with E-state index in [0.29, 0.717) is 17.1 Å². The van der Waals surface area contributed by atoms with Crippen LogP contribution in [0.5, 0.6) is 0 Å². The highest BCUT2D eigenvalue weighted by Crippen LogP contribution is 2.60. The van der Waals surface area contributed by atoms with Gasteiger partial charge in [0.25, 0.3) is 5.56 Å². The summed E-state index contributed by atoms with van der Waals surface area (Å²) in [6.45, 7) is 1.88. The van der Waals surface area contributed by atoms with Gasteiger partial charge in [-0.3, -0.25) is 9.20 Å². The summed E-state index contributed by atoms with van der Waals surface area (Å²) in [7, 11) is 3.06. The van der Waals surface area contributed by atoms with E-state index < -0.39 is 5.69 Å². The largest absolute Gasteiger partial charge is 0.325 e. The van der Waals surface area contributed by atoms with E-state index in [1.165, 1.54) is 31.7 Å². The van der Waals surface area contributed by atoms with E-state index in [1.54, 1.807) is 4.40 Å². The lowest BCUT2D eigenvalue weighted by molar-refractivity contribution is 0.354. The summed E-state index contributed by atoms with van der Waals surface area (Å²) >= 11 is 6.64. The Labute approximate surface area is 126 Å². The fraction of sp³-hybridized carbons (Fsp3) is 0.333. The van der Waals surface area contributed by atoms with Gasteiger partial charge in [-0.1, -0.05) is 17.4 Å². The van der Waals surface area contributed by atoms with Crippen LogP contribution in [0.2, 0.25) is 0 Å². The van der Waals surface area contributed by atoms with Crippen LogP contribution >= 0.6 is 17.1 Å². The van der Waals surface area contributed by atoms with Crippen LogP contribution in [0.1, 0.15) is 11.4 Å². The van der Waals surface area contributed by atoms with E-state index in [-0.39, 0.29) is 5.56 Å². The monoisotopic (exact) mass is 330 g/mol. The van der Waals surface area contributed by atoms with Crippen molar-refractivity contribution in [3.63, 3.8) is 0 Å². The van der Waals surface area contributed by atoms with Crippen LogP contribution in [-0.2, 0) is 26.6 Å². The lowest BCUT2D eigenvalue weighted by atomic mass is 10.3. The first kappa shape index (κ1) is 15.7. The van der Waals surface area contributed by atoms with Gasteiger partial charge in [0.15, 0.2) is 0 Å². The molecule has 0 aliphatic heterocycles. The molecule has 0 radical (unpaired) electrons. The molecule has 0 aliphatic carbocycles. The Hall–Kier alpha value is -0.720. The first-order valence-corrected chi connectivity index (χ1v) is 10.1. The van der Waals surface area contributed by atoms with Crippen molar-refractivity contribution in [2.75, 3.05) is 14.2 Å². The Kier molecular flexibility index (Phi) is 4.99. The zero-order chi connectivity index (χ0) is 14.8. The van der Waals surface area contributed by atoms with E-state index in [2.05, 4.69) is 4.98 Å². The lowest BCUT2D eigenvalue weighted by Crippen LogP contribution is -2.17. The molecule has 0 saturated carbocycles. The molecule has 2 aromatic rings. The zero-order valence-electron chi connectivity index (χ0n) is 11.4. The predicted octanol–water partition coefficient (Wildman–Crippen LogP) is 2.75. The fourth-order valence-corrected chi connectivity index (χ4v) is 4.54. The third-order valence-corrected chi connectivity index (χ3v) is 8.46. The summed E-state index contributed by atoms with van der Waals surface area (Å²) in [5.74, 6) is 0.485. The van der Waals surface area contributed by atoms with Gasteiger partial charge in [-0.05, 0) is 30.9 Å². The molecule has 0 aliphatic rings. The van der Waals surface area contributed by atoms with Crippen LogP contribution in [0.15, 0.2) is 29.1 Å². The SMILES string of the molecule is COP(=S)(OC)SCc1cc(=O)n2c(C)cccc2n1. The Balaban J connectivity index is 2.34. The second kappa shape index (κ2) is 6.37. The molecule has 0 saturated heterocycles. The number of aromatic nitrogens is 2. The van der Waals surface area contributed by atoms with Gasteiger partial charge in [0, 0.05) is 31.7 Å². The van der Waals surface area contributed by atoms with Crippen molar-refractivity contribution in [2.24, 2.45) is 0 Å². The standard InChI is InChI=1S/C12H15N2O3PS2/c1-9-5-4-6-11-13-10(7-12(15)14(9)11)8-20-18(19,16-2)17-3/h4-7H,8H2,1-3H3. The normalized spacial score (nSPS) is 11.9. The first-order valence-electron chi connectivity index (χ1n) is 5.83. The summed E-state index contributed by atoms with van der Waals surface area (Å²) in [5.41, 5.74) is -0.252. The molecule has 0 fully saturated rings. The van der Waals surface area contributed by atoms with Crippen LogP contribution in [0.4, 0.5) is 0 Å². The van der Waals surface area contributed by atoms with Gasteiger partial charge in [0.1, 0.15) is 5.65 Å². The van der Waals surface area contributed by atoms with E-state index in [9.17, 15) is 4.79 Å². The first-order chi connectivity index (χ1) is 9.49. The van der Waals surface area contributed by atoms with Crippen LogP contribution in [0.3, 0.4) is 0 Å². The molecule has 0 amide bonds. The second-order valence-corrected chi connectivity index (χ2v) is 10.6. The number of fused-ring (bicyclic) bond motifs is 1. The second-order valence-electron chi connectivity index (χ2n) is 4.03. The molecule has 2 rings (SSSR count). The molecule has 2 aromatic heterocycles. The van der Waals surface area contributed by atoms with Crippen molar-refractivity contribution in [1.29, 1.82) is 0 Å². The molecule has 20 heavy (non-hydrogen) atoms. The number of aryl methyl sites for hydroxylation is 1. The van der Waals surface area contributed by atoms with Crippen molar-refractivity contribution in [3.05, 3.63) is 46.0 Å². The van der Waals surface area contributed by atoms with Crippen molar-refractivity contribution >= 4 is 34.5 Å². The van der Waals surface area contributed by atoms with Crippen LogP contribution in [-0.4, -0.2) is 23.6 Å². The van der Waals surface area contributed by atoms with Gasteiger partial charge in [0.05, 0.1) is 5.69 Å². The molecular weight excluding hydrogens is 315 g/mol. The van der Waals surface area contributed by atoms with Crippen molar-refractivity contribution in [1.82, 2.24) is 9.38 Å². The summed E-state index contributed by atoms with van der Waals surface area (Å²) in [6, 6.07) is 7.09. The molecular formula is C12H15N2O3PS2. The van der Waals surface area contributed by atoms with Crippen LogP contribution < -0.4 is 5.56 Å². The molecule has 0 atom stereocenters. The lowest BCUT2D eigenvalue weighted by Gasteiger charge is -2.16. The molecule has 0 bridgehead atoms. The van der Waals surface area contributed by atoms with Gasteiger partial charge in [-0.25, -0.2) is 4.98 Å². The van der Waals surface area contributed by atoms with Gasteiger partial charge in [0.2, 0.25) is 5.69 Å². The molecule has 108 valence electrons. The van der Waals surface area contributed by atoms with Crippen molar-refractivity contribution in [2.45, 2.75) is 12.7 Å². The van der Waals surface area contributed by atoms with Crippen LogP contribution in [0.25, 0.3) is 5.65 Å². The van der Waals surface area contributed by atoms with E-state index in [4.69, 9.17) is 20.9 Å². The fourth-order valence-electron chi connectivity index (χ4n) is 1.76. The van der Waals surface area contributed by atoms with Crippen LogP contribution in [0, 0.1) is 6.92 Å². The minimum Gasteiger partial charge on any atom is -0.325 e. The maximum absolute atomic E-state index is 12.1. The number of hydrogen-bond acceptors (Lipinski definition) is 6. The topological polar surface area (TPSA) is 52.8 Å². The van der Waals surface area contributed by atoms with Gasteiger partial charge >= 0.3 is 0 Å². The summed E-state index contributed by atoms with van der Waals surface area (Å²) < 4.78 is 12.0. The molecule has 8 heteroatoms. The Bertz CT molecular complexity index is 724. The third-order valence-electron chi connectivity index (χ3n) is 2.75. The Morgan fingerprint density at radius 1 is 1.40 bits per heavy atom. The van der Waals surface area contributed by atoms with Gasteiger partial charge in [-0.15, -0.1) is 0 Å². The maximum Gasteiger partial charge on any atom is 0.258 e. The highest BCUT2D eigenvalue weighted by Gasteiger charge is 2.17. The Morgan fingerprint density at radius 2 is 2.10 bits per heavy atom. The third kappa shape index (κ3) is 3.30. The summed E-state index contributed by atoms with van der Waals surface area (Å²) in [4.78, 5) is 16.6. The number of pyridine rings is 1. The van der Waals surface area contributed by atoms with E-state index >= 15 is 0 Å². The van der Waals surface area contributed by atoms with E-state index in [0.717, 1.165) is 5.69 Å². The molecule has 0 spiro atoms. The maximum atomic E-state index is 12.1.